The van der Waals surface area contributed by atoms with E-state index in [1.54, 1.807) is 12.1 Å². The van der Waals surface area contributed by atoms with Gasteiger partial charge in [0, 0.05) is 29.9 Å². The molecule has 0 N–H and O–H groups in total. The number of halogens is 2. The fourth-order valence-corrected chi connectivity index (χ4v) is 3.75. The molecule has 1 aromatic heterocycles. The molecule has 0 saturated carbocycles. The Morgan fingerprint density at radius 2 is 1.63 bits per heavy atom. The number of benzene rings is 3. The van der Waals surface area contributed by atoms with Crippen molar-refractivity contribution in [1.82, 2.24) is 4.98 Å². The van der Waals surface area contributed by atoms with Crippen molar-refractivity contribution >= 4 is 9.84 Å². The maximum Gasteiger partial charge on any atom is 0.199 e. The van der Waals surface area contributed by atoms with Gasteiger partial charge in [0.15, 0.2) is 21.5 Å². The zero-order chi connectivity index (χ0) is 21.3. The van der Waals surface area contributed by atoms with Crippen LogP contribution in [0.3, 0.4) is 0 Å². The number of aromatic nitrogens is 1. The summed E-state index contributed by atoms with van der Waals surface area (Å²) in [6.45, 7) is 0. The largest absolute Gasteiger partial charge is 0.440 e. The molecule has 0 atom stereocenters. The summed E-state index contributed by atoms with van der Waals surface area (Å²) in [5, 5.41) is 0. The van der Waals surface area contributed by atoms with Gasteiger partial charge in [-0.25, -0.2) is 22.2 Å². The highest BCUT2D eigenvalue weighted by Crippen LogP contribution is 2.35. The van der Waals surface area contributed by atoms with E-state index in [1.165, 1.54) is 18.2 Å². The number of nitrogens with zero attached hydrogens (tertiary/aromatic N) is 1. The molecule has 0 amide bonds. The molecule has 4 rings (SSSR count). The van der Waals surface area contributed by atoms with Crippen LogP contribution in [0.2, 0.25) is 0 Å². The minimum absolute atomic E-state index is 0.0988. The number of oxazole rings is 1. The average Bonchev–Trinajstić information content (AvgIpc) is 3.11. The molecule has 152 valence electrons. The predicted molar refractivity (Wildman–Crippen MR) is 110 cm³/mol. The lowest BCUT2D eigenvalue weighted by atomic mass is 10.1. The van der Waals surface area contributed by atoms with Gasteiger partial charge in [0.25, 0.3) is 0 Å². The monoisotopic (exact) mass is 425 g/mol. The summed E-state index contributed by atoms with van der Waals surface area (Å²) in [4.78, 5) is 4.62. The van der Waals surface area contributed by atoms with Gasteiger partial charge in [-0.05, 0) is 42.0 Å². The molecule has 30 heavy (non-hydrogen) atoms. The minimum atomic E-state index is -3.36. The van der Waals surface area contributed by atoms with Crippen molar-refractivity contribution in [1.29, 1.82) is 0 Å². The van der Waals surface area contributed by atoms with Crippen LogP contribution < -0.4 is 0 Å². The van der Waals surface area contributed by atoms with Crippen LogP contribution >= 0.6 is 0 Å². The molecule has 0 bridgehead atoms. The Bertz CT molecular complexity index is 1300. The standard InChI is InChI=1S/C23H17F2NO3S/c1-30(27,28)18-10-7-16(8-11-18)23-22(19-12-9-17(24)14-20(19)25)26-21(29-23)13-15-5-3-2-4-6-15/h2-12,14H,13H2,1H3. The van der Waals surface area contributed by atoms with Gasteiger partial charge in [-0.3, -0.25) is 0 Å². The maximum absolute atomic E-state index is 14.5. The molecule has 0 spiro atoms. The molecular formula is C23H17F2NO3S. The van der Waals surface area contributed by atoms with E-state index >= 15 is 0 Å². The third-order valence-electron chi connectivity index (χ3n) is 4.60. The van der Waals surface area contributed by atoms with E-state index in [-0.39, 0.29) is 21.9 Å². The van der Waals surface area contributed by atoms with Crippen LogP contribution in [-0.2, 0) is 16.3 Å². The summed E-state index contributed by atoms with van der Waals surface area (Å²) in [5.74, 6) is -0.805. The molecule has 0 saturated heterocycles. The van der Waals surface area contributed by atoms with Crippen LogP contribution in [-0.4, -0.2) is 19.7 Å². The quantitative estimate of drug-likeness (QED) is 0.436. The van der Waals surface area contributed by atoms with Gasteiger partial charge in [-0.2, -0.15) is 0 Å². The van der Waals surface area contributed by atoms with Gasteiger partial charge in [-0.1, -0.05) is 30.3 Å². The van der Waals surface area contributed by atoms with E-state index in [9.17, 15) is 17.2 Å². The second kappa shape index (κ2) is 7.84. The highest BCUT2D eigenvalue weighted by Gasteiger charge is 2.21. The first kappa shape index (κ1) is 20.0. The topological polar surface area (TPSA) is 60.2 Å². The molecule has 4 nitrogen and oxygen atoms in total. The first-order valence-electron chi connectivity index (χ1n) is 9.11. The van der Waals surface area contributed by atoms with Gasteiger partial charge in [0.05, 0.1) is 4.90 Å². The normalized spacial score (nSPS) is 11.6. The first-order chi connectivity index (χ1) is 14.3. The van der Waals surface area contributed by atoms with Crippen LogP contribution in [0, 0.1) is 11.6 Å². The molecule has 0 unspecified atom stereocenters. The Labute approximate surface area is 172 Å². The Balaban J connectivity index is 1.83. The predicted octanol–water partition coefficient (Wildman–Crippen LogP) is 5.28. The average molecular weight is 425 g/mol. The van der Waals surface area contributed by atoms with E-state index in [4.69, 9.17) is 4.42 Å². The van der Waals surface area contributed by atoms with Crippen molar-refractivity contribution in [3.8, 4) is 22.6 Å². The maximum atomic E-state index is 14.5. The van der Waals surface area contributed by atoms with E-state index in [1.807, 2.05) is 30.3 Å². The van der Waals surface area contributed by atoms with Crippen LogP contribution in [0.25, 0.3) is 22.6 Å². The first-order valence-corrected chi connectivity index (χ1v) is 11.0. The van der Waals surface area contributed by atoms with E-state index in [2.05, 4.69) is 4.98 Å². The lowest BCUT2D eigenvalue weighted by Gasteiger charge is -2.04. The molecule has 0 fully saturated rings. The lowest BCUT2D eigenvalue weighted by molar-refractivity contribution is 0.519. The molecule has 0 aliphatic heterocycles. The molecule has 0 radical (unpaired) electrons. The summed E-state index contributed by atoms with van der Waals surface area (Å²) >= 11 is 0. The molecule has 0 aliphatic carbocycles. The van der Waals surface area contributed by atoms with Crippen molar-refractivity contribution < 1.29 is 21.6 Å². The minimum Gasteiger partial charge on any atom is -0.440 e. The van der Waals surface area contributed by atoms with E-state index < -0.39 is 21.5 Å². The third kappa shape index (κ3) is 4.16. The van der Waals surface area contributed by atoms with Crippen molar-refractivity contribution in [3.05, 3.63) is 95.9 Å². The summed E-state index contributed by atoms with van der Waals surface area (Å²) in [6, 6.07) is 18.8. The Hall–Kier alpha value is -3.32. The van der Waals surface area contributed by atoms with E-state index in [0.717, 1.165) is 24.0 Å². The second-order valence-electron chi connectivity index (χ2n) is 6.87. The second-order valence-corrected chi connectivity index (χ2v) is 8.88. The number of hydrogen-bond donors (Lipinski definition) is 0. The summed E-state index contributed by atoms with van der Waals surface area (Å²) < 4.78 is 57.3. The highest BCUT2D eigenvalue weighted by molar-refractivity contribution is 7.90. The Morgan fingerprint density at radius 3 is 2.27 bits per heavy atom. The lowest BCUT2D eigenvalue weighted by Crippen LogP contribution is -1.96. The van der Waals surface area contributed by atoms with Crippen LogP contribution in [0.5, 0.6) is 0 Å². The van der Waals surface area contributed by atoms with Crippen molar-refractivity contribution in [3.63, 3.8) is 0 Å². The molecular weight excluding hydrogens is 408 g/mol. The van der Waals surface area contributed by atoms with Crippen molar-refractivity contribution in [2.45, 2.75) is 11.3 Å². The highest BCUT2D eigenvalue weighted by atomic mass is 32.2. The van der Waals surface area contributed by atoms with Gasteiger partial charge < -0.3 is 4.42 Å². The fourth-order valence-electron chi connectivity index (χ4n) is 3.12. The Morgan fingerprint density at radius 1 is 0.933 bits per heavy atom. The summed E-state index contributed by atoms with van der Waals surface area (Å²) in [6.07, 6.45) is 1.51. The van der Waals surface area contributed by atoms with Crippen LogP contribution in [0.4, 0.5) is 8.78 Å². The molecule has 1 heterocycles. The van der Waals surface area contributed by atoms with Crippen LogP contribution in [0.15, 0.2) is 82.1 Å². The van der Waals surface area contributed by atoms with Crippen molar-refractivity contribution in [2.75, 3.05) is 6.26 Å². The molecule has 4 aromatic rings. The van der Waals surface area contributed by atoms with Crippen molar-refractivity contribution in [2.24, 2.45) is 0 Å². The zero-order valence-electron chi connectivity index (χ0n) is 16.0. The Kier molecular flexibility index (Phi) is 5.22. The third-order valence-corrected chi connectivity index (χ3v) is 5.73. The van der Waals surface area contributed by atoms with Gasteiger partial charge >= 0.3 is 0 Å². The molecule has 7 heteroatoms. The summed E-state index contributed by atoms with van der Waals surface area (Å²) in [7, 11) is -3.36. The molecule has 0 aliphatic rings. The van der Waals surface area contributed by atoms with E-state index in [0.29, 0.717) is 17.9 Å². The smallest absolute Gasteiger partial charge is 0.199 e. The number of sulfone groups is 1. The van der Waals surface area contributed by atoms with Gasteiger partial charge in [-0.15, -0.1) is 0 Å². The zero-order valence-corrected chi connectivity index (χ0v) is 16.8. The molecule has 3 aromatic carbocycles. The van der Waals surface area contributed by atoms with Gasteiger partial charge in [0.2, 0.25) is 0 Å². The number of hydrogen-bond acceptors (Lipinski definition) is 4. The van der Waals surface area contributed by atoms with Crippen LogP contribution in [0.1, 0.15) is 11.5 Å². The fraction of sp³-hybridized carbons (Fsp3) is 0.0870. The number of rotatable bonds is 5. The SMILES string of the molecule is CS(=O)(=O)c1ccc(-c2oc(Cc3ccccc3)nc2-c2ccc(F)cc2F)cc1. The summed E-state index contributed by atoms with van der Waals surface area (Å²) in [5.41, 5.74) is 1.82. The van der Waals surface area contributed by atoms with Gasteiger partial charge in [0.1, 0.15) is 17.3 Å².